The lowest BCUT2D eigenvalue weighted by Crippen LogP contribution is -1.87. The van der Waals surface area contributed by atoms with Gasteiger partial charge in [0, 0.05) is 0 Å². The molecule has 0 spiro atoms. The lowest BCUT2D eigenvalue weighted by atomic mass is 10.1. The summed E-state index contributed by atoms with van der Waals surface area (Å²) in [7, 11) is 0. The first-order valence-electron chi connectivity index (χ1n) is 5.18. The van der Waals surface area contributed by atoms with E-state index in [0.29, 0.717) is 19.0 Å². The van der Waals surface area contributed by atoms with Crippen molar-refractivity contribution in [2.45, 2.75) is 13.8 Å². The van der Waals surface area contributed by atoms with E-state index in [9.17, 15) is 0 Å². The van der Waals surface area contributed by atoms with Crippen LogP contribution < -0.4 is 0 Å². The first-order chi connectivity index (χ1) is 7.63. The molecular formula is C14H20O2. The van der Waals surface area contributed by atoms with Crippen LogP contribution in [0, 0.1) is 13.8 Å². The molecule has 16 heavy (non-hydrogen) atoms. The van der Waals surface area contributed by atoms with Gasteiger partial charge in [0.1, 0.15) is 5.75 Å². The average molecular weight is 220 g/mol. The number of rotatable bonds is 4. The van der Waals surface area contributed by atoms with Crippen molar-refractivity contribution in [2.24, 2.45) is 0 Å². The molecule has 0 aliphatic carbocycles. The van der Waals surface area contributed by atoms with E-state index < -0.39 is 0 Å². The molecule has 1 aromatic carbocycles. The number of benzene rings is 1. The summed E-state index contributed by atoms with van der Waals surface area (Å²) < 4.78 is 4.90. The van der Waals surface area contributed by atoms with E-state index in [1.165, 1.54) is 0 Å². The fraction of sp³-hybridized carbons (Fsp3) is 0.286. The zero-order valence-electron chi connectivity index (χ0n) is 10.1. The number of phenolic OH excluding ortho intramolecular Hbond substituents is 1. The maximum atomic E-state index is 9.10. The van der Waals surface area contributed by atoms with Gasteiger partial charge in [-0.3, -0.25) is 0 Å². The lowest BCUT2D eigenvalue weighted by molar-refractivity contribution is 0.194. The van der Waals surface area contributed by atoms with Crippen molar-refractivity contribution in [1.29, 1.82) is 0 Å². The van der Waals surface area contributed by atoms with Gasteiger partial charge in [-0.15, -0.1) is 13.2 Å². The number of aromatic hydroxyl groups is 1. The van der Waals surface area contributed by atoms with Gasteiger partial charge in [-0.05, 0) is 31.0 Å². The number of ether oxygens (including phenoxy) is 1. The van der Waals surface area contributed by atoms with Crippen molar-refractivity contribution in [3.8, 4) is 5.75 Å². The molecule has 0 radical (unpaired) electrons. The molecule has 0 aliphatic heterocycles. The van der Waals surface area contributed by atoms with Crippen molar-refractivity contribution in [1.82, 2.24) is 0 Å². The van der Waals surface area contributed by atoms with Gasteiger partial charge < -0.3 is 9.84 Å². The van der Waals surface area contributed by atoms with Crippen molar-refractivity contribution in [3.05, 3.63) is 54.6 Å². The minimum atomic E-state index is 0.384. The fourth-order valence-corrected chi connectivity index (χ4v) is 0.970. The Labute approximate surface area is 97.9 Å². The van der Waals surface area contributed by atoms with Crippen LogP contribution in [0.25, 0.3) is 0 Å². The van der Waals surface area contributed by atoms with E-state index in [-0.39, 0.29) is 0 Å². The van der Waals surface area contributed by atoms with Crippen molar-refractivity contribution in [3.63, 3.8) is 0 Å². The van der Waals surface area contributed by atoms with Crippen LogP contribution >= 0.6 is 0 Å². The van der Waals surface area contributed by atoms with Crippen LogP contribution in [0.5, 0.6) is 5.75 Å². The minimum Gasteiger partial charge on any atom is -0.508 e. The van der Waals surface area contributed by atoms with Crippen molar-refractivity contribution in [2.75, 3.05) is 13.2 Å². The van der Waals surface area contributed by atoms with E-state index in [1.807, 2.05) is 26.0 Å². The van der Waals surface area contributed by atoms with Crippen LogP contribution in [-0.2, 0) is 4.74 Å². The standard InChI is InChI=1S/C8H10O.C6H10O/c1-6-4-3-5-8(9)7(6)2;1-3-5-7-6-4-2/h3-5,9H,1-2H3;3-4H,1-2,5-6H2. The Hall–Kier alpha value is -1.54. The molecule has 0 aliphatic rings. The highest BCUT2D eigenvalue weighted by atomic mass is 16.5. The Bertz CT molecular complexity index is 301. The zero-order chi connectivity index (χ0) is 12.4. The second kappa shape index (κ2) is 8.74. The molecule has 0 fully saturated rings. The molecule has 0 saturated heterocycles. The number of hydrogen-bond donors (Lipinski definition) is 1. The normalized spacial score (nSPS) is 8.88. The first-order valence-corrected chi connectivity index (χ1v) is 5.18. The van der Waals surface area contributed by atoms with Gasteiger partial charge in [0.25, 0.3) is 0 Å². The SMILES string of the molecule is C=CCOCC=C.Cc1cccc(O)c1C. The fourth-order valence-electron chi connectivity index (χ4n) is 0.970. The summed E-state index contributed by atoms with van der Waals surface area (Å²) in [5, 5.41) is 9.10. The Kier molecular flexibility index (Phi) is 7.90. The maximum absolute atomic E-state index is 9.10. The van der Waals surface area contributed by atoms with Crippen LogP contribution in [0.2, 0.25) is 0 Å². The molecule has 0 unspecified atom stereocenters. The van der Waals surface area contributed by atoms with Crippen LogP contribution in [0.15, 0.2) is 43.5 Å². The Morgan fingerprint density at radius 1 is 1.19 bits per heavy atom. The minimum absolute atomic E-state index is 0.384. The first kappa shape index (κ1) is 14.5. The van der Waals surface area contributed by atoms with E-state index in [1.54, 1.807) is 18.2 Å². The van der Waals surface area contributed by atoms with Crippen LogP contribution in [-0.4, -0.2) is 18.3 Å². The number of hydrogen-bond acceptors (Lipinski definition) is 2. The third-order valence-electron chi connectivity index (χ3n) is 2.05. The summed E-state index contributed by atoms with van der Waals surface area (Å²) in [6.07, 6.45) is 3.42. The summed E-state index contributed by atoms with van der Waals surface area (Å²) in [5.74, 6) is 0.384. The largest absolute Gasteiger partial charge is 0.508 e. The predicted molar refractivity (Wildman–Crippen MR) is 68.8 cm³/mol. The number of phenols is 1. The molecule has 1 N–H and O–H groups in total. The topological polar surface area (TPSA) is 29.5 Å². The summed E-state index contributed by atoms with van der Waals surface area (Å²) in [5.41, 5.74) is 2.10. The summed E-state index contributed by atoms with van der Waals surface area (Å²) >= 11 is 0. The van der Waals surface area contributed by atoms with E-state index in [2.05, 4.69) is 13.2 Å². The molecular weight excluding hydrogens is 200 g/mol. The zero-order valence-corrected chi connectivity index (χ0v) is 10.1. The van der Waals surface area contributed by atoms with Gasteiger partial charge in [0.2, 0.25) is 0 Å². The summed E-state index contributed by atoms with van der Waals surface area (Å²) in [6, 6.07) is 5.52. The average Bonchev–Trinajstić information content (AvgIpc) is 2.27. The third kappa shape index (κ3) is 6.04. The molecule has 0 heterocycles. The molecule has 0 bridgehead atoms. The molecule has 1 aromatic rings. The quantitative estimate of drug-likeness (QED) is 0.622. The Balaban J connectivity index is 0.000000293. The van der Waals surface area contributed by atoms with Gasteiger partial charge in [-0.1, -0.05) is 24.3 Å². The highest BCUT2D eigenvalue weighted by molar-refractivity contribution is 5.36. The molecule has 2 heteroatoms. The van der Waals surface area contributed by atoms with Crippen molar-refractivity contribution >= 4 is 0 Å². The Morgan fingerprint density at radius 2 is 1.75 bits per heavy atom. The van der Waals surface area contributed by atoms with Gasteiger partial charge >= 0.3 is 0 Å². The predicted octanol–water partition coefficient (Wildman–Crippen LogP) is 3.38. The molecule has 2 nitrogen and oxygen atoms in total. The van der Waals surface area contributed by atoms with E-state index in [4.69, 9.17) is 9.84 Å². The second-order valence-corrected chi connectivity index (χ2v) is 3.33. The number of aryl methyl sites for hydroxylation is 1. The Morgan fingerprint density at radius 3 is 2.12 bits per heavy atom. The van der Waals surface area contributed by atoms with Gasteiger partial charge in [0.15, 0.2) is 0 Å². The monoisotopic (exact) mass is 220 g/mol. The van der Waals surface area contributed by atoms with Crippen LogP contribution in [0.1, 0.15) is 11.1 Å². The third-order valence-corrected chi connectivity index (χ3v) is 2.05. The molecule has 0 atom stereocenters. The molecule has 1 rings (SSSR count). The molecule has 0 aromatic heterocycles. The van der Waals surface area contributed by atoms with Crippen molar-refractivity contribution < 1.29 is 9.84 Å². The van der Waals surface area contributed by atoms with E-state index >= 15 is 0 Å². The highest BCUT2D eigenvalue weighted by Gasteiger charge is 1.94. The molecule has 88 valence electrons. The van der Waals surface area contributed by atoms with Crippen LogP contribution in [0.4, 0.5) is 0 Å². The second-order valence-electron chi connectivity index (χ2n) is 3.33. The van der Waals surface area contributed by atoms with Crippen LogP contribution in [0.3, 0.4) is 0 Å². The van der Waals surface area contributed by atoms with Gasteiger partial charge in [0.05, 0.1) is 13.2 Å². The summed E-state index contributed by atoms with van der Waals surface area (Å²) in [4.78, 5) is 0. The smallest absolute Gasteiger partial charge is 0.118 e. The highest BCUT2D eigenvalue weighted by Crippen LogP contribution is 2.17. The maximum Gasteiger partial charge on any atom is 0.118 e. The molecule has 0 saturated carbocycles. The van der Waals surface area contributed by atoms with E-state index in [0.717, 1.165) is 11.1 Å². The summed E-state index contributed by atoms with van der Waals surface area (Å²) in [6.45, 7) is 12.1. The van der Waals surface area contributed by atoms with Gasteiger partial charge in [-0.25, -0.2) is 0 Å². The van der Waals surface area contributed by atoms with Gasteiger partial charge in [-0.2, -0.15) is 0 Å². The lowest BCUT2D eigenvalue weighted by Gasteiger charge is -1.99. The molecule has 0 amide bonds.